The first-order valence-corrected chi connectivity index (χ1v) is 8.35. The van der Waals surface area contributed by atoms with E-state index in [0.717, 1.165) is 6.07 Å². The maximum Gasteiger partial charge on any atom is 0.416 e. The quantitative estimate of drug-likeness (QED) is 0.575. The first-order chi connectivity index (χ1) is 12.8. The number of hydrogen-bond donors (Lipinski definition) is 1. The van der Waals surface area contributed by atoms with Crippen molar-refractivity contribution in [1.29, 1.82) is 0 Å². The number of hydrogen-bond acceptors (Lipinski definition) is 2. The van der Waals surface area contributed by atoms with Gasteiger partial charge in [0.1, 0.15) is 5.82 Å². The summed E-state index contributed by atoms with van der Waals surface area (Å²) in [6.45, 7) is 0. The fraction of sp³-hybridized carbons (Fsp3) is 0.333. The Morgan fingerprint density at radius 1 is 1.19 bits per heavy atom. The number of pyridine rings is 1. The van der Waals surface area contributed by atoms with Gasteiger partial charge in [-0.3, -0.25) is 0 Å². The van der Waals surface area contributed by atoms with E-state index in [2.05, 4.69) is 10.3 Å². The Labute approximate surface area is 151 Å². The summed E-state index contributed by atoms with van der Waals surface area (Å²) in [5.41, 5.74) is -0.318. The third-order valence-corrected chi connectivity index (χ3v) is 5.11. The Morgan fingerprint density at radius 3 is 2.67 bits per heavy atom. The molecule has 0 saturated carbocycles. The summed E-state index contributed by atoms with van der Waals surface area (Å²) < 4.78 is 65.9. The summed E-state index contributed by atoms with van der Waals surface area (Å²) in [7, 11) is 0. The van der Waals surface area contributed by atoms with Crippen LogP contribution in [0.2, 0.25) is 0 Å². The molecule has 2 aliphatic heterocycles. The van der Waals surface area contributed by atoms with Crippen LogP contribution in [0.1, 0.15) is 35.6 Å². The van der Waals surface area contributed by atoms with E-state index in [0.29, 0.717) is 42.5 Å². The van der Waals surface area contributed by atoms with Gasteiger partial charge in [-0.1, -0.05) is 0 Å². The molecule has 0 radical (unpaired) electrons. The number of aromatic nitrogens is 1. The average molecular weight is 383 g/mol. The maximum absolute atomic E-state index is 14.0. The van der Waals surface area contributed by atoms with Crippen LogP contribution < -0.4 is 5.32 Å². The first-order valence-electron chi connectivity index (χ1n) is 8.35. The molecule has 1 aromatic heterocycles. The number of rotatable bonds is 1. The summed E-state index contributed by atoms with van der Waals surface area (Å²) in [6, 6.07) is 2.34. The summed E-state index contributed by atoms with van der Waals surface area (Å²) >= 11 is 0. The predicted octanol–water partition coefficient (Wildman–Crippen LogP) is 4.67. The predicted molar refractivity (Wildman–Crippen MR) is 85.9 cm³/mol. The van der Waals surface area contributed by atoms with E-state index < -0.39 is 29.5 Å². The molecular formula is C18H14F5N3O. The van der Waals surface area contributed by atoms with Crippen molar-refractivity contribution in [1.82, 2.24) is 9.88 Å². The van der Waals surface area contributed by atoms with Crippen LogP contribution in [0.4, 0.5) is 32.4 Å². The van der Waals surface area contributed by atoms with E-state index in [4.69, 9.17) is 0 Å². The molecule has 3 heterocycles. The van der Waals surface area contributed by atoms with Gasteiger partial charge in [-0.05, 0) is 49.1 Å². The molecule has 2 bridgehead atoms. The van der Waals surface area contributed by atoms with Gasteiger partial charge in [0.15, 0.2) is 0 Å². The molecule has 27 heavy (non-hydrogen) atoms. The van der Waals surface area contributed by atoms with E-state index in [9.17, 15) is 26.7 Å². The van der Waals surface area contributed by atoms with Crippen LogP contribution in [0.25, 0.3) is 0 Å². The number of amides is 2. The lowest BCUT2D eigenvalue weighted by Crippen LogP contribution is -2.44. The van der Waals surface area contributed by atoms with Crippen LogP contribution in [0.15, 0.2) is 30.5 Å². The highest BCUT2D eigenvalue weighted by Gasteiger charge is 2.44. The molecule has 1 N–H and O–H groups in total. The van der Waals surface area contributed by atoms with Crippen LogP contribution in [0.3, 0.4) is 0 Å². The fourth-order valence-corrected chi connectivity index (χ4v) is 3.90. The Morgan fingerprint density at radius 2 is 1.96 bits per heavy atom. The second-order valence-corrected chi connectivity index (χ2v) is 6.65. The minimum atomic E-state index is -4.67. The van der Waals surface area contributed by atoms with Crippen molar-refractivity contribution < 1.29 is 26.7 Å². The first kappa shape index (κ1) is 17.7. The van der Waals surface area contributed by atoms with Crippen LogP contribution in [0.5, 0.6) is 0 Å². The lowest BCUT2D eigenvalue weighted by molar-refractivity contribution is -0.137. The van der Waals surface area contributed by atoms with E-state index in [1.165, 1.54) is 11.1 Å². The van der Waals surface area contributed by atoms with E-state index >= 15 is 0 Å². The van der Waals surface area contributed by atoms with Crippen LogP contribution >= 0.6 is 0 Å². The summed E-state index contributed by atoms with van der Waals surface area (Å²) in [6.07, 6.45) is -1.75. The average Bonchev–Trinajstić information content (AvgIpc) is 2.92. The molecule has 4 nitrogen and oxygen atoms in total. The van der Waals surface area contributed by atoms with E-state index in [1.54, 1.807) is 6.07 Å². The SMILES string of the molecule is O=C(Nc1ccc(C(F)(F)F)cc1F)N1C2CCC1c1ccnc(F)c1C2. The van der Waals surface area contributed by atoms with E-state index in [1.807, 2.05) is 0 Å². The van der Waals surface area contributed by atoms with Gasteiger partial charge in [-0.15, -0.1) is 0 Å². The van der Waals surface area contributed by atoms with Crippen molar-refractivity contribution in [2.75, 3.05) is 5.32 Å². The molecule has 0 aliphatic carbocycles. The van der Waals surface area contributed by atoms with Gasteiger partial charge >= 0.3 is 12.2 Å². The summed E-state index contributed by atoms with van der Waals surface area (Å²) in [5, 5.41) is 2.34. The third kappa shape index (κ3) is 3.00. The second kappa shape index (κ2) is 6.17. The standard InChI is InChI=1S/C18H14F5N3O/c19-13-7-9(18(21,22)23)1-3-14(13)25-17(27)26-10-2-4-15(26)11-5-6-24-16(20)12(11)8-10/h1,3,5-7,10,15H,2,4,8H2,(H,25,27). The van der Waals surface area contributed by atoms with Crippen molar-refractivity contribution in [3.05, 3.63) is 58.9 Å². The smallest absolute Gasteiger partial charge is 0.314 e. The topological polar surface area (TPSA) is 45.2 Å². The second-order valence-electron chi connectivity index (χ2n) is 6.65. The number of fused-ring (bicyclic) bond motifs is 4. The van der Waals surface area contributed by atoms with Gasteiger partial charge in [0, 0.05) is 17.8 Å². The number of halogens is 5. The van der Waals surface area contributed by atoms with Crippen molar-refractivity contribution in [3.8, 4) is 0 Å². The zero-order valence-electron chi connectivity index (χ0n) is 13.9. The van der Waals surface area contributed by atoms with Gasteiger partial charge in [0.05, 0.1) is 17.3 Å². The third-order valence-electron chi connectivity index (χ3n) is 5.11. The minimum Gasteiger partial charge on any atom is -0.314 e. The van der Waals surface area contributed by atoms with Gasteiger partial charge in [-0.2, -0.15) is 17.6 Å². The van der Waals surface area contributed by atoms with Crippen LogP contribution in [0, 0.1) is 11.8 Å². The normalized spacial score (nSPS) is 21.1. The largest absolute Gasteiger partial charge is 0.416 e. The molecule has 2 amide bonds. The summed E-state index contributed by atoms with van der Waals surface area (Å²) in [5.74, 6) is -1.73. The Hall–Kier alpha value is -2.71. The van der Waals surface area contributed by atoms with E-state index in [-0.39, 0.29) is 17.8 Å². The molecular weight excluding hydrogens is 369 g/mol. The summed E-state index contributed by atoms with van der Waals surface area (Å²) in [4.78, 5) is 17.8. The number of anilines is 1. The number of nitrogens with zero attached hydrogens (tertiary/aromatic N) is 2. The van der Waals surface area contributed by atoms with Crippen molar-refractivity contribution in [3.63, 3.8) is 0 Å². The molecule has 0 spiro atoms. The van der Waals surface area contributed by atoms with Gasteiger partial charge in [-0.25, -0.2) is 14.2 Å². The number of alkyl halides is 3. The highest BCUT2D eigenvalue weighted by molar-refractivity contribution is 5.90. The zero-order valence-corrected chi connectivity index (χ0v) is 13.9. The fourth-order valence-electron chi connectivity index (χ4n) is 3.90. The number of carbonyl (C=O) groups is 1. The Bertz CT molecular complexity index is 914. The van der Waals surface area contributed by atoms with Crippen LogP contribution in [-0.4, -0.2) is 22.0 Å². The number of benzene rings is 1. The van der Waals surface area contributed by atoms with Crippen LogP contribution in [-0.2, 0) is 12.6 Å². The van der Waals surface area contributed by atoms with Gasteiger partial charge < -0.3 is 10.2 Å². The van der Waals surface area contributed by atoms with Crippen molar-refractivity contribution in [2.24, 2.45) is 0 Å². The molecule has 4 rings (SSSR count). The molecule has 1 saturated heterocycles. The number of carbonyl (C=O) groups excluding carboxylic acids is 1. The molecule has 2 unspecified atom stereocenters. The molecule has 2 aromatic rings. The number of nitrogens with one attached hydrogen (secondary N) is 1. The molecule has 2 atom stereocenters. The number of urea groups is 1. The molecule has 142 valence electrons. The highest BCUT2D eigenvalue weighted by Crippen LogP contribution is 2.44. The monoisotopic (exact) mass is 383 g/mol. The highest BCUT2D eigenvalue weighted by atomic mass is 19.4. The lowest BCUT2D eigenvalue weighted by atomic mass is 9.95. The molecule has 1 fully saturated rings. The Kier molecular flexibility index (Phi) is 4.05. The molecule has 2 aliphatic rings. The molecule has 9 heteroatoms. The zero-order chi connectivity index (χ0) is 19.3. The maximum atomic E-state index is 14.0. The van der Waals surface area contributed by atoms with Gasteiger partial charge in [0.25, 0.3) is 0 Å². The lowest BCUT2D eigenvalue weighted by Gasteiger charge is -2.36. The minimum absolute atomic E-state index is 0.265. The molecule has 1 aromatic carbocycles. The Balaban J connectivity index is 1.58. The van der Waals surface area contributed by atoms with Crippen molar-refractivity contribution in [2.45, 2.75) is 37.5 Å². The van der Waals surface area contributed by atoms with Crippen molar-refractivity contribution >= 4 is 11.7 Å². The van der Waals surface area contributed by atoms with Gasteiger partial charge in [0.2, 0.25) is 5.95 Å².